The fourth-order valence-electron chi connectivity index (χ4n) is 1.65. The Kier molecular flexibility index (Phi) is 4.01. The molecule has 0 amide bonds. The maximum absolute atomic E-state index is 13.1. The third kappa shape index (κ3) is 3.45. The molecule has 0 aliphatic rings. The lowest BCUT2D eigenvalue weighted by molar-refractivity contribution is 0.625. The summed E-state index contributed by atoms with van der Waals surface area (Å²) in [5.41, 5.74) is 6.89. The van der Waals surface area contributed by atoms with Crippen LogP contribution in [0, 0.1) is 5.82 Å². The fraction of sp³-hybridized carbons (Fsp3) is 0.154. The molecule has 0 bridgehead atoms. The van der Waals surface area contributed by atoms with Gasteiger partial charge >= 0.3 is 0 Å². The quantitative estimate of drug-likeness (QED) is 0.864. The van der Waals surface area contributed by atoms with E-state index in [0.717, 1.165) is 5.56 Å². The van der Waals surface area contributed by atoms with Crippen LogP contribution in [0.1, 0.15) is 11.3 Å². The van der Waals surface area contributed by atoms with Gasteiger partial charge < -0.3 is 10.6 Å². The van der Waals surface area contributed by atoms with Gasteiger partial charge in [0, 0.05) is 19.8 Å². The van der Waals surface area contributed by atoms with Crippen LogP contribution in [0.4, 0.5) is 10.3 Å². The lowest BCUT2D eigenvalue weighted by atomic mass is 10.2. The molecule has 0 spiro atoms. The number of nitrogens with two attached hydrogens (primary N) is 1. The van der Waals surface area contributed by atoms with Gasteiger partial charge in [-0.15, -0.1) is 0 Å². The molecule has 19 heavy (non-hydrogen) atoms. The molecular weight excluding hydrogens is 263 g/mol. The van der Waals surface area contributed by atoms with Gasteiger partial charge in [-0.25, -0.2) is 14.4 Å². The van der Waals surface area contributed by atoms with Gasteiger partial charge in [0.1, 0.15) is 16.5 Å². The standard InChI is InChI=1S/C13H13FN4S/c1-18(8-9-3-2-4-10(14)7-9)13-16-6-5-11(17-13)12(15)19/h2-7H,8H2,1H3,(H2,15,19). The molecule has 1 aromatic carbocycles. The second-order valence-corrected chi connectivity index (χ2v) is 4.53. The monoisotopic (exact) mass is 276 g/mol. The van der Waals surface area contributed by atoms with Gasteiger partial charge in [0.25, 0.3) is 0 Å². The highest BCUT2D eigenvalue weighted by Gasteiger charge is 2.07. The Morgan fingerprint density at radius 2 is 2.21 bits per heavy atom. The van der Waals surface area contributed by atoms with E-state index >= 15 is 0 Å². The molecule has 0 aliphatic carbocycles. The normalized spacial score (nSPS) is 10.2. The zero-order chi connectivity index (χ0) is 13.8. The highest BCUT2D eigenvalue weighted by atomic mass is 32.1. The van der Waals surface area contributed by atoms with E-state index in [2.05, 4.69) is 9.97 Å². The summed E-state index contributed by atoms with van der Waals surface area (Å²) in [5, 5.41) is 0. The van der Waals surface area contributed by atoms with Crippen LogP contribution >= 0.6 is 12.2 Å². The van der Waals surface area contributed by atoms with Crippen molar-refractivity contribution in [3.63, 3.8) is 0 Å². The zero-order valence-electron chi connectivity index (χ0n) is 10.4. The average Bonchev–Trinajstić information content (AvgIpc) is 2.39. The van der Waals surface area contributed by atoms with Gasteiger partial charge in [-0.3, -0.25) is 0 Å². The minimum atomic E-state index is -0.260. The Morgan fingerprint density at radius 3 is 2.89 bits per heavy atom. The maximum Gasteiger partial charge on any atom is 0.225 e. The Labute approximate surface area is 116 Å². The number of nitrogens with zero attached hydrogens (tertiary/aromatic N) is 3. The van der Waals surface area contributed by atoms with Crippen LogP contribution in [0.5, 0.6) is 0 Å². The number of hydrogen-bond donors (Lipinski definition) is 1. The number of anilines is 1. The Balaban J connectivity index is 2.18. The number of rotatable bonds is 4. The predicted molar refractivity (Wildman–Crippen MR) is 76.4 cm³/mol. The summed E-state index contributed by atoms with van der Waals surface area (Å²) in [6.45, 7) is 0.499. The maximum atomic E-state index is 13.1. The molecular formula is C13H13FN4S. The summed E-state index contributed by atoms with van der Waals surface area (Å²) < 4.78 is 13.1. The van der Waals surface area contributed by atoms with Crippen LogP contribution in [0.3, 0.4) is 0 Å². The van der Waals surface area contributed by atoms with Gasteiger partial charge in [0.05, 0.1) is 0 Å². The van der Waals surface area contributed by atoms with Crippen molar-refractivity contribution in [3.05, 3.63) is 53.6 Å². The van der Waals surface area contributed by atoms with E-state index in [1.165, 1.54) is 12.1 Å². The first-order valence-electron chi connectivity index (χ1n) is 5.64. The average molecular weight is 276 g/mol. The summed E-state index contributed by atoms with van der Waals surface area (Å²) in [6.07, 6.45) is 1.60. The van der Waals surface area contributed by atoms with E-state index in [9.17, 15) is 4.39 Å². The molecule has 2 rings (SSSR count). The molecule has 1 aromatic heterocycles. The highest BCUT2D eigenvalue weighted by molar-refractivity contribution is 7.80. The minimum absolute atomic E-state index is 0.225. The third-order valence-electron chi connectivity index (χ3n) is 2.55. The van der Waals surface area contributed by atoms with Crippen molar-refractivity contribution in [2.75, 3.05) is 11.9 Å². The number of thiocarbonyl (C=S) groups is 1. The van der Waals surface area contributed by atoms with Crippen molar-refractivity contribution in [1.82, 2.24) is 9.97 Å². The van der Waals surface area contributed by atoms with Gasteiger partial charge in [-0.1, -0.05) is 24.4 Å². The van der Waals surface area contributed by atoms with Crippen molar-refractivity contribution in [1.29, 1.82) is 0 Å². The molecule has 0 radical (unpaired) electrons. The fourth-order valence-corrected chi connectivity index (χ4v) is 1.76. The van der Waals surface area contributed by atoms with Crippen LogP contribution in [0.25, 0.3) is 0 Å². The SMILES string of the molecule is CN(Cc1cccc(F)c1)c1nccc(C(N)=S)n1. The lowest BCUT2D eigenvalue weighted by Crippen LogP contribution is -2.21. The second-order valence-electron chi connectivity index (χ2n) is 4.09. The van der Waals surface area contributed by atoms with Gasteiger partial charge in [0.15, 0.2) is 0 Å². The Bertz CT molecular complexity index is 603. The molecule has 6 heteroatoms. The summed E-state index contributed by atoms with van der Waals surface area (Å²) in [6, 6.07) is 8.06. The van der Waals surface area contributed by atoms with Crippen LogP contribution in [0.2, 0.25) is 0 Å². The topological polar surface area (TPSA) is 55.0 Å². The molecule has 2 aromatic rings. The van der Waals surface area contributed by atoms with Crippen molar-refractivity contribution in [3.8, 4) is 0 Å². The highest BCUT2D eigenvalue weighted by Crippen LogP contribution is 2.11. The second kappa shape index (κ2) is 5.71. The molecule has 0 unspecified atom stereocenters. The van der Waals surface area contributed by atoms with E-state index in [1.807, 2.05) is 13.1 Å². The van der Waals surface area contributed by atoms with Crippen molar-refractivity contribution in [2.45, 2.75) is 6.54 Å². The van der Waals surface area contributed by atoms with E-state index in [-0.39, 0.29) is 10.8 Å². The molecule has 4 nitrogen and oxygen atoms in total. The number of hydrogen-bond acceptors (Lipinski definition) is 4. The third-order valence-corrected chi connectivity index (χ3v) is 2.75. The molecule has 98 valence electrons. The summed E-state index contributed by atoms with van der Waals surface area (Å²) in [4.78, 5) is 10.4. The van der Waals surface area contributed by atoms with Crippen LogP contribution in [-0.4, -0.2) is 22.0 Å². The van der Waals surface area contributed by atoms with Crippen LogP contribution < -0.4 is 10.6 Å². The predicted octanol–water partition coefficient (Wildman–Crippen LogP) is 1.89. The largest absolute Gasteiger partial charge is 0.388 e. The lowest BCUT2D eigenvalue weighted by Gasteiger charge is -2.17. The number of aromatic nitrogens is 2. The van der Waals surface area contributed by atoms with Crippen LogP contribution in [0.15, 0.2) is 36.5 Å². The molecule has 2 N–H and O–H groups in total. The Hall–Kier alpha value is -2.08. The van der Waals surface area contributed by atoms with E-state index < -0.39 is 0 Å². The molecule has 0 fully saturated rings. The summed E-state index contributed by atoms with van der Waals surface area (Å²) >= 11 is 4.87. The summed E-state index contributed by atoms with van der Waals surface area (Å²) in [5.74, 6) is 0.235. The Morgan fingerprint density at radius 1 is 1.42 bits per heavy atom. The first-order chi connectivity index (χ1) is 9.06. The minimum Gasteiger partial charge on any atom is -0.388 e. The van der Waals surface area contributed by atoms with E-state index in [4.69, 9.17) is 18.0 Å². The zero-order valence-corrected chi connectivity index (χ0v) is 11.2. The van der Waals surface area contributed by atoms with Crippen molar-refractivity contribution >= 4 is 23.2 Å². The van der Waals surface area contributed by atoms with E-state index in [1.54, 1.807) is 23.2 Å². The molecule has 0 atom stereocenters. The molecule has 0 saturated carbocycles. The van der Waals surface area contributed by atoms with E-state index in [0.29, 0.717) is 18.2 Å². The van der Waals surface area contributed by atoms with Gasteiger partial charge in [0.2, 0.25) is 5.95 Å². The number of benzene rings is 1. The van der Waals surface area contributed by atoms with Crippen molar-refractivity contribution in [2.24, 2.45) is 5.73 Å². The number of halogens is 1. The molecule has 0 saturated heterocycles. The smallest absolute Gasteiger partial charge is 0.225 e. The van der Waals surface area contributed by atoms with Gasteiger partial charge in [-0.05, 0) is 23.8 Å². The van der Waals surface area contributed by atoms with Gasteiger partial charge in [-0.2, -0.15) is 0 Å². The molecule has 0 aliphatic heterocycles. The van der Waals surface area contributed by atoms with Crippen molar-refractivity contribution < 1.29 is 4.39 Å². The first kappa shape index (κ1) is 13.4. The van der Waals surface area contributed by atoms with Crippen LogP contribution in [-0.2, 0) is 6.54 Å². The molecule has 1 heterocycles. The first-order valence-corrected chi connectivity index (χ1v) is 6.05. The summed E-state index contributed by atoms with van der Waals surface area (Å²) in [7, 11) is 1.82.